The van der Waals surface area contributed by atoms with Crippen LogP contribution < -0.4 is 11.1 Å². The van der Waals surface area contributed by atoms with Gasteiger partial charge in [-0.15, -0.1) is 24.2 Å². The number of aliphatic carboxylic acids is 1. The van der Waals surface area contributed by atoms with E-state index in [4.69, 9.17) is 10.6 Å². The van der Waals surface area contributed by atoms with Crippen LogP contribution in [0.1, 0.15) is 12.6 Å². The van der Waals surface area contributed by atoms with Gasteiger partial charge in [0.1, 0.15) is 35.7 Å². The van der Waals surface area contributed by atoms with Gasteiger partial charge in [0, 0.05) is 5.75 Å². The number of β-lactam (4-membered cyclic amide) rings is 1. The molecule has 2 aliphatic heterocycles. The first-order chi connectivity index (χ1) is 12.8. The Labute approximate surface area is 170 Å². The standard InChI is InChI=1S/C16H17N5O5S.ClH/c1-7-6-27-15-11(14(23)21(15)12(7)16(24)25)19-13(22)10(20-26-2)8-4-3-5-9(17)18-8;/h3-5,11,15H,6H2,1-2H3,(H2,17,18)(H,19,22)(H,24,25);1H/t11?,15-;/m1./s1. The molecule has 150 valence electrons. The highest BCUT2D eigenvalue weighted by Gasteiger charge is 2.54. The van der Waals surface area contributed by atoms with Crippen LogP contribution in [0.3, 0.4) is 0 Å². The number of thioether (sulfide) groups is 1. The number of carboxylic acids is 1. The summed E-state index contributed by atoms with van der Waals surface area (Å²) in [5, 5.41) is 15.1. The van der Waals surface area contributed by atoms with Gasteiger partial charge >= 0.3 is 5.97 Å². The molecule has 3 rings (SSSR count). The number of hydrogen-bond donors (Lipinski definition) is 3. The van der Waals surface area contributed by atoms with E-state index in [0.717, 1.165) is 0 Å². The molecule has 1 fully saturated rings. The van der Waals surface area contributed by atoms with Gasteiger partial charge in [-0.05, 0) is 24.6 Å². The third kappa shape index (κ3) is 3.76. The lowest BCUT2D eigenvalue weighted by molar-refractivity contribution is -0.150. The van der Waals surface area contributed by atoms with Crippen molar-refractivity contribution in [1.29, 1.82) is 0 Å². The molecule has 12 heteroatoms. The molecule has 0 aromatic carbocycles. The number of carbonyl (C=O) groups excluding carboxylic acids is 2. The topological polar surface area (TPSA) is 147 Å². The number of rotatable bonds is 5. The van der Waals surface area contributed by atoms with Crippen LogP contribution in [0.15, 0.2) is 34.6 Å². The third-order valence-electron chi connectivity index (χ3n) is 4.06. The largest absolute Gasteiger partial charge is 0.477 e. The predicted octanol–water partition coefficient (Wildman–Crippen LogP) is 0.195. The molecule has 0 bridgehead atoms. The van der Waals surface area contributed by atoms with E-state index in [1.165, 1.54) is 29.8 Å². The first kappa shape index (κ1) is 21.5. The fourth-order valence-electron chi connectivity index (χ4n) is 2.86. The van der Waals surface area contributed by atoms with Gasteiger partial charge in [-0.3, -0.25) is 14.5 Å². The van der Waals surface area contributed by atoms with Gasteiger partial charge in [0.05, 0.1) is 0 Å². The summed E-state index contributed by atoms with van der Waals surface area (Å²) in [5.74, 6) is -1.67. The Morgan fingerprint density at radius 3 is 2.79 bits per heavy atom. The molecule has 4 N–H and O–H groups in total. The molecule has 1 unspecified atom stereocenters. The average Bonchev–Trinajstić information content (AvgIpc) is 2.63. The minimum Gasteiger partial charge on any atom is -0.477 e. The van der Waals surface area contributed by atoms with Crippen molar-refractivity contribution in [2.75, 3.05) is 18.6 Å². The second-order valence-corrected chi connectivity index (χ2v) is 6.97. The van der Waals surface area contributed by atoms with Crippen molar-refractivity contribution in [2.45, 2.75) is 18.3 Å². The van der Waals surface area contributed by atoms with Crippen molar-refractivity contribution in [3.8, 4) is 0 Å². The fraction of sp³-hybridized carbons (Fsp3) is 0.312. The van der Waals surface area contributed by atoms with Gasteiger partial charge < -0.3 is 21.0 Å². The lowest BCUT2D eigenvalue weighted by Crippen LogP contribution is -2.71. The third-order valence-corrected chi connectivity index (χ3v) is 5.48. The van der Waals surface area contributed by atoms with Crippen molar-refractivity contribution >= 4 is 53.5 Å². The number of carbonyl (C=O) groups is 3. The minimum atomic E-state index is -1.17. The fourth-order valence-corrected chi connectivity index (χ4v) is 4.16. The normalized spacial score (nSPS) is 21.3. The van der Waals surface area contributed by atoms with Crippen LogP contribution in [0.2, 0.25) is 0 Å². The van der Waals surface area contributed by atoms with Crippen molar-refractivity contribution in [3.05, 3.63) is 35.2 Å². The molecule has 2 atom stereocenters. The van der Waals surface area contributed by atoms with E-state index >= 15 is 0 Å². The molecule has 0 spiro atoms. The highest BCUT2D eigenvalue weighted by atomic mass is 35.5. The number of pyridine rings is 1. The Bertz CT molecular complexity index is 890. The summed E-state index contributed by atoms with van der Waals surface area (Å²) in [7, 11) is 1.28. The smallest absolute Gasteiger partial charge is 0.352 e. The van der Waals surface area contributed by atoms with Crippen LogP contribution in [-0.4, -0.2) is 62.8 Å². The maximum atomic E-state index is 12.6. The van der Waals surface area contributed by atoms with Gasteiger partial charge in [0.2, 0.25) is 0 Å². The summed E-state index contributed by atoms with van der Waals surface area (Å²) >= 11 is 1.38. The zero-order chi connectivity index (χ0) is 19.7. The van der Waals surface area contributed by atoms with Gasteiger partial charge in [-0.1, -0.05) is 11.2 Å². The summed E-state index contributed by atoms with van der Waals surface area (Å²) in [5.41, 5.74) is 6.26. The predicted molar refractivity (Wildman–Crippen MR) is 105 cm³/mol. The second-order valence-electron chi connectivity index (χ2n) is 5.87. The van der Waals surface area contributed by atoms with E-state index in [1.807, 2.05) is 0 Å². The van der Waals surface area contributed by atoms with E-state index in [9.17, 15) is 19.5 Å². The SMILES string of the molecule is CON=C(C(=O)NC1C(=O)N2C(C(=O)O)=C(C)CS[C@H]12)c1cccc(N)n1.Cl. The molecule has 2 aliphatic rings. The molecular weight excluding hydrogens is 410 g/mol. The lowest BCUT2D eigenvalue weighted by atomic mass is 10.0. The van der Waals surface area contributed by atoms with Crippen molar-refractivity contribution < 1.29 is 24.3 Å². The van der Waals surface area contributed by atoms with Crippen LogP contribution >= 0.6 is 24.2 Å². The number of anilines is 1. The lowest BCUT2D eigenvalue weighted by Gasteiger charge is -2.49. The number of nitrogens with two attached hydrogens (primary N) is 1. The molecular formula is C16H18ClN5O5S. The molecule has 3 heterocycles. The number of aromatic nitrogens is 1. The van der Waals surface area contributed by atoms with Crippen LogP contribution in [0.4, 0.5) is 5.82 Å². The molecule has 1 aromatic heterocycles. The van der Waals surface area contributed by atoms with E-state index in [2.05, 4.69) is 15.5 Å². The van der Waals surface area contributed by atoms with Crippen molar-refractivity contribution in [1.82, 2.24) is 15.2 Å². The maximum Gasteiger partial charge on any atom is 0.352 e. The highest BCUT2D eigenvalue weighted by Crippen LogP contribution is 2.40. The van der Waals surface area contributed by atoms with Crippen LogP contribution in [0.5, 0.6) is 0 Å². The number of amides is 2. The summed E-state index contributed by atoms with van der Waals surface area (Å²) < 4.78 is 0. The number of oxime groups is 1. The summed E-state index contributed by atoms with van der Waals surface area (Å²) in [4.78, 5) is 46.5. The Kier molecular flexibility index (Phi) is 6.52. The molecule has 10 nitrogen and oxygen atoms in total. The van der Waals surface area contributed by atoms with E-state index in [1.54, 1.807) is 19.1 Å². The Balaban J connectivity index is 0.00000280. The van der Waals surface area contributed by atoms with Crippen LogP contribution in [-0.2, 0) is 19.2 Å². The molecule has 1 saturated heterocycles. The zero-order valence-corrected chi connectivity index (χ0v) is 16.5. The van der Waals surface area contributed by atoms with Crippen LogP contribution in [0.25, 0.3) is 0 Å². The summed E-state index contributed by atoms with van der Waals surface area (Å²) in [6.45, 7) is 1.67. The number of hydrogen-bond acceptors (Lipinski definition) is 8. The second kappa shape index (κ2) is 8.48. The number of halogens is 1. The number of nitrogens with zero attached hydrogens (tertiary/aromatic N) is 3. The van der Waals surface area contributed by atoms with Gasteiger partial charge in [0.25, 0.3) is 11.8 Å². The highest BCUT2D eigenvalue weighted by molar-refractivity contribution is 8.00. The van der Waals surface area contributed by atoms with E-state index < -0.39 is 29.2 Å². The minimum absolute atomic E-state index is 0. The number of carboxylic acid groups (broad SMARTS) is 1. The monoisotopic (exact) mass is 427 g/mol. The molecule has 0 radical (unpaired) electrons. The average molecular weight is 428 g/mol. The Morgan fingerprint density at radius 1 is 1.46 bits per heavy atom. The van der Waals surface area contributed by atoms with Gasteiger partial charge in [-0.25, -0.2) is 9.78 Å². The summed E-state index contributed by atoms with van der Waals surface area (Å²) in [6, 6.07) is 3.83. The molecule has 0 saturated carbocycles. The first-order valence-corrected chi connectivity index (χ1v) is 8.92. The maximum absolute atomic E-state index is 12.6. The molecule has 0 aliphatic carbocycles. The van der Waals surface area contributed by atoms with Crippen LogP contribution in [0, 0.1) is 0 Å². The molecule has 1 aromatic rings. The van der Waals surface area contributed by atoms with E-state index in [0.29, 0.717) is 11.3 Å². The Hall–Kier alpha value is -2.79. The van der Waals surface area contributed by atoms with Crippen molar-refractivity contribution in [3.63, 3.8) is 0 Å². The molecule has 28 heavy (non-hydrogen) atoms. The molecule has 2 amide bonds. The quantitative estimate of drug-likeness (QED) is 0.343. The zero-order valence-electron chi connectivity index (χ0n) is 14.9. The van der Waals surface area contributed by atoms with Gasteiger partial charge in [0.15, 0.2) is 5.71 Å². The first-order valence-electron chi connectivity index (χ1n) is 7.87. The number of nitrogen functional groups attached to an aromatic ring is 1. The van der Waals surface area contributed by atoms with Crippen molar-refractivity contribution in [2.24, 2.45) is 5.16 Å². The number of nitrogens with one attached hydrogen (secondary N) is 1. The van der Waals surface area contributed by atoms with Gasteiger partial charge in [-0.2, -0.15) is 0 Å². The Morgan fingerprint density at radius 2 is 2.18 bits per heavy atom. The summed E-state index contributed by atoms with van der Waals surface area (Å²) in [6.07, 6.45) is 0. The number of fused-ring (bicyclic) bond motifs is 1. The van der Waals surface area contributed by atoms with E-state index in [-0.39, 0.29) is 35.3 Å².